The number of aliphatic imine (C=N–C) groups is 1. The van der Waals surface area contributed by atoms with Gasteiger partial charge >= 0.3 is 0 Å². The summed E-state index contributed by atoms with van der Waals surface area (Å²) < 4.78 is 0. The second-order valence-corrected chi connectivity index (χ2v) is 4.83. The van der Waals surface area contributed by atoms with Crippen LogP contribution in [0, 0.1) is 17.8 Å². The molecule has 0 N–H and O–H groups in total. The van der Waals surface area contributed by atoms with E-state index in [4.69, 9.17) is 0 Å². The minimum absolute atomic E-state index is 0.441. The van der Waals surface area contributed by atoms with Crippen molar-refractivity contribution < 1.29 is 0 Å². The molecule has 2 atom stereocenters. The first-order valence-electron chi connectivity index (χ1n) is 5.46. The molecule has 0 aliphatic heterocycles. The van der Waals surface area contributed by atoms with Crippen molar-refractivity contribution in [2.75, 3.05) is 0 Å². The van der Waals surface area contributed by atoms with Crippen LogP contribution in [0.4, 0.5) is 0 Å². The van der Waals surface area contributed by atoms with E-state index in [9.17, 15) is 0 Å². The molecule has 0 bridgehead atoms. The van der Waals surface area contributed by atoms with Crippen molar-refractivity contribution in [3.63, 3.8) is 0 Å². The fraction of sp³-hybridized carbons (Fsp3) is 0.917. The fourth-order valence-electron chi connectivity index (χ4n) is 1.24. The van der Waals surface area contributed by atoms with Gasteiger partial charge in [-0.15, -0.1) is 0 Å². The molecule has 2 unspecified atom stereocenters. The summed E-state index contributed by atoms with van der Waals surface area (Å²) in [6.07, 6.45) is 3.37. The molecule has 0 aliphatic rings. The summed E-state index contributed by atoms with van der Waals surface area (Å²) in [7, 11) is 0. The van der Waals surface area contributed by atoms with Crippen molar-refractivity contribution >= 4 is 6.21 Å². The van der Waals surface area contributed by atoms with E-state index < -0.39 is 0 Å². The largest absolute Gasteiger partial charge is 0.295 e. The number of nitrogens with zero attached hydrogens (tertiary/aromatic N) is 1. The Bertz CT molecular complexity index is 147. The van der Waals surface area contributed by atoms with Gasteiger partial charge in [0.05, 0.1) is 0 Å². The minimum Gasteiger partial charge on any atom is -0.295 e. The standard InChI is InChI=1S/C12H25N/c1-9(2)12(6)7-11(5)8-13-10(3)4/h8-12H,7H2,1-6H3/b13-8+. The van der Waals surface area contributed by atoms with Crippen LogP contribution in [0.2, 0.25) is 0 Å². The van der Waals surface area contributed by atoms with Crippen LogP contribution in [0.25, 0.3) is 0 Å². The predicted octanol–water partition coefficient (Wildman–Crippen LogP) is 3.78. The van der Waals surface area contributed by atoms with Crippen molar-refractivity contribution in [1.82, 2.24) is 0 Å². The molecule has 13 heavy (non-hydrogen) atoms. The lowest BCUT2D eigenvalue weighted by Gasteiger charge is -2.17. The van der Waals surface area contributed by atoms with Crippen molar-refractivity contribution in [2.45, 2.75) is 54.0 Å². The Hall–Kier alpha value is -0.330. The Morgan fingerprint density at radius 2 is 1.54 bits per heavy atom. The molecule has 0 aromatic heterocycles. The van der Waals surface area contributed by atoms with Crippen LogP contribution in [-0.2, 0) is 0 Å². The van der Waals surface area contributed by atoms with E-state index in [1.54, 1.807) is 0 Å². The van der Waals surface area contributed by atoms with Crippen LogP contribution in [0.5, 0.6) is 0 Å². The summed E-state index contributed by atoms with van der Waals surface area (Å²) in [6, 6.07) is 0.441. The Morgan fingerprint density at radius 3 is 1.92 bits per heavy atom. The Labute approximate surface area is 83.6 Å². The molecule has 1 nitrogen and oxygen atoms in total. The van der Waals surface area contributed by atoms with Gasteiger partial charge in [-0.3, -0.25) is 4.99 Å². The molecule has 0 amide bonds. The smallest absolute Gasteiger partial charge is 0.0439 e. The van der Waals surface area contributed by atoms with Crippen LogP contribution < -0.4 is 0 Å². The molecule has 0 aromatic rings. The van der Waals surface area contributed by atoms with Crippen LogP contribution >= 0.6 is 0 Å². The highest BCUT2D eigenvalue weighted by Crippen LogP contribution is 2.18. The van der Waals surface area contributed by atoms with Crippen LogP contribution in [0.3, 0.4) is 0 Å². The van der Waals surface area contributed by atoms with Crippen molar-refractivity contribution in [1.29, 1.82) is 0 Å². The van der Waals surface area contributed by atoms with Gasteiger partial charge in [-0.2, -0.15) is 0 Å². The lowest BCUT2D eigenvalue weighted by atomic mass is 9.89. The third-order valence-corrected chi connectivity index (χ3v) is 2.52. The molecule has 0 aliphatic carbocycles. The van der Waals surface area contributed by atoms with Crippen LogP contribution in [0.1, 0.15) is 48.0 Å². The summed E-state index contributed by atoms with van der Waals surface area (Å²) in [5, 5.41) is 0. The van der Waals surface area contributed by atoms with E-state index in [0.717, 1.165) is 11.8 Å². The third-order valence-electron chi connectivity index (χ3n) is 2.52. The lowest BCUT2D eigenvalue weighted by molar-refractivity contribution is 0.368. The van der Waals surface area contributed by atoms with E-state index in [0.29, 0.717) is 12.0 Å². The van der Waals surface area contributed by atoms with E-state index in [-0.39, 0.29) is 0 Å². The van der Waals surface area contributed by atoms with Gasteiger partial charge < -0.3 is 0 Å². The van der Waals surface area contributed by atoms with E-state index in [1.807, 2.05) is 0 Å². The summed E-state index contributed by atoms with van der Waals surface area (Å²) in [5.41, 5.74) is 0. The molecule has 0 rings (SSSR count). The predicted molar refractivity (Wildman–Crippen MR) is 61.4 cm³/mol. The van der Waals surface area contributed by atoms with Crippen molar-refractivity contribution in [3.05, 3.63) is 0 Å². The topological polar surface area (TPSA) is 12.4 Å². The molecule has 0 radical (unpaired) electrons. The molecule has 0 saturated heterocycles. The monoisotopic (exact) mass is 183 g/mol. The Balaban J connectivity index is 3.80. The SMILES string of the molecule is CC(/C=N/C(C)C)CC(C)C(C)C. The van der Waals surface area contributed by atoms with Crippen molar-refractivity contribution in [2.24, 2.45) is 22.7 Å². The number of rotatable bonds is 5. The fourth-order valence-corrected chi connectivity index (χ4v) is 1.24. The zero-order chi connectivity index (χ0) is 10.4. The second-order valence-electron chi connectivity index (χ2n) is 4.83. The van der Waals surface area contributed by atoms with Gasteiger partial charge in [0.25, 0.3) is 0 Å². The zero-order valence-corrected chi connectivity index (χ0v) is 10.0. The maximum absolute atomic E-state index is 4.41. The minimum atomic E-state index is 0.441. The highest BCUT2D eigenvalue weighted by molar-refractivity contribution is 5.60. The Morgan fingerprint density at radius 1 is 1.00 bits per heavy atom. The third kappa shape index (κ3) is 6.80. The lowest BCUT2D eigenvalue weighted by Crippen LogP contribution is -2.10. The van der Waals surface area contributed by atoms with Gasteiger partial charge in [0, 0.05) is 12.3 Å². The molecule has 0 saturated carbocycles. The molecule has 78 valence electrons. The average Bonchev–Trinajstić information content (AvgIpc) is 2.00. The quantitative estimate of drug-likeness (QED) is 0.575. The second kappa shape index (κ2) is 6.17. The van der Waals surface area contributed by atoms with Gasteiger partial charge in [0.15, 0.2) is 0 Å². The first kappa shape index (κ1) is 12.7. The first-order chi connectivity index (χ1) is 5.93. The molecule has 0 aromatic carbocycles. The average molecular weight is 183 g/mol. The highest BCUT2D eigenvalue weighted by Gasteiger charge is 2.10. The van der Waals surface area contributed by atoms with Crippen LogP contribution in [0.15, 0.2) is 4.99 Å². The van der Waals surface area contributed by atoms with Gasteiger partial charge in [-0.25, -0.2) is 0 Å². The molecular formula is C12H25N. The van der Waals surface area contributed by atoms with E-state index in [2.05, 4.69) is 52.7 Å². The molecule has 0 fully saturated rings. The van der Waals surface area contributed by atoms with E-state index >= 15 is 0 Å². The van der Waals surface area contributed by atoms with Gasteiger partial charge in [-0.1, -0.05) is 27.7 Å². The molecular weight excluding hydrogens is 158 g/mol. The summed E-state index contributed by atoms with van der Waals surface area (Å²) in [5.74, 6) is 2.21. The first-order valence-corrected chi connectivity index (χ1v) is 5.46. The maximum atomic E-state index is 4.41. The van der Waals surface area contributed by atoms with Gasteiger partial charge in [0.2, 0.25) is 0 Å². The Kier molecular flexibility index (Phi) is 6.02. The number of hydrogen-bond acceptors (Lipinski definition) is 1. The van der Waals surface area contributed by atoms with Gasteiger partial charge in [0.1, 0.15) is 0 Å². The van der Waals surface area contributed by atoms with Crippen LogP contribution in [-0.4, -0.2) is 12.3 Å². The molecule has 1 heteroatoms. The zero-order valence-electron chi connectivity index (χ0n) is 10.0. The molecule has 0 heterocycles. The summed E-state index contributed by atoms with van der Waals surface area (Å²) in [4.78, 5) is 4.41. The van der Waals surface area contributed by atoms with Crippen molar-refractivity contribution in [3.8, 4) is 0 Å². The maximum Gasteiger partial charge on any atom is 0.0439 e. The number of hydrogen-bond donors (Lipinski definition) is 0. The van der Waals surface area contributed by atoms with E-state index in [1.165, 1.54) is 6.42 Å². The summed E-state index contributed by atoms with van der Waals surface area (Å²) >= 11 is 0. The van der Waals surface area contributed by atoms with Gasteiger partial charge in [-0.05, 0) is 38.0 Å². The molecule has 0 spiro atoms. The highest BCUT2D eigenvalue weighted by atomic mass is 14.7. The summed E-state index contributed by atoms with van der Waals surface area (Å²) in [6.45, 7) is 13.4. The normalized spacial score (nSPS) is 17.2.